The van der Waals surface area contributed by atoms with Crippen LogP contribution in [0.1, 0.15) is 58.6 Å². The Morgan fingerprint density at radius 1 is 1.37 bits per heavy atom. The van der Waals surface area contributed by atoms with E-state index in [4.69, 9.17) is 13.6 Å². The first-order valence-corrected chi connectivity index (χ1v) is 12.6. The van der Waals surface area contributed by atoms with E-state index in [1.54, 1.807) is 18.6 Å². The number of hydrogen-bond acceptors (Lipinski definition) is 5. The molecule has 3 rings (SSSR count). The van der Waals surface area contributed by atoms with Crippen LogP contribution in [-0.4, -0.2) is 31.6 Å². The maximum atomic E-state index is 12.4. The predicted octanol–water partition coefficient (Wildman–Crippen LogP) is 4.75. The Morgan fingerprint density at radius 3 is 2.67 bits per heavy atom. The van der Waals surface area contributed by atoms with Crippen molar-refractivity contribution in [1.29, 1.82) is 0 Å². The highest BCUT2D eigenvalue weighted by Gasteiger charge is 2.61. The van der Waals surface area contributed by atoms with Crippen LogP contribution in [0.5, 0.6) is 0 Å². The average Bonchev–Trinajstić information content (AvgIpc) is 3.06. The van der Waals surface area contributed by atoms with Crippen LogP contribution in [0.15, 0.2) is 34.7 Å². The molecule has 150 valence electrons. The molecule has 1 aliphatic heterocycles. The van der Waals surface area contributed by atoms with Crippen LogP contribution in [0.3, 0.4) is 0 Å². The summed E-state index contributed by atoms with van der Waals surface area (Å²) in [5.41, 5.74) is -0.293. The number of fused-ring (bicyclic) bond motifs is 1. The van der Waals surface area contributed by atoms with E-state index in [2.05, 4.69) is 39.9 Å². The zero-order valence-electron chi connectivity index (χ0n) is 17.3. The van der Waals surface area contributed by atoms with Gasteiger partial charge in [-0.05, 0) is 42.6 Å². The van der Waals surface area contributed by atoms with E-state index >= 15 is 0 Å². The first-order chi connectivity index (χ1) is 12.4. The zero-order valence-corrected chi connectivity index (χ0v) is 18.3. The molecule has 2 aliphatic rings. The molecule has 1 N–H and O–H groups in total. The van der Waals surface area contributed by atoms with E-state index in [1.807, 2.05) is 6.92 Å². The maximum absolute atomic E-state index is 12.4. The summed E-state index contributed by atoms with van der Waals surface area (Å²) in [4.78, 5) is 12.4. The number of furan rings is 1. The van der Waals surface area contributed by atoms with Crippen LogP contribution in [-0.2, 0) is 14.0 Å². The van der Waals surface area contributed by atoms with Gasteiger partial charge < -0.3 is 18.7 Å². The van der Waals surface area contributed by atoms with Crippen molar-refractivity contribution < 1.29 is 23.5 Å². The molecule has 2 heterocycles. The predicted molar refractivity (Wildman–Crippen MR) is 106 cm³/mol. The molecule has 0 aromatic carbocycles. The Morgan fingerprint density at radius 2 is 2.07 bits per heavy atom. The van der Waals surface area contributed by atoms with E-state index in [1.165, 1.54) is 0 Å². The molecule has 3 atom stereocenters. The lowest BCUT2D eigenvalue weighted by atomic mass is 9.57. The minimum absolute atomic E-state index is 0.0372. The van der Waals surface area contributed by atoms with E-state index in [0.717, 1.165) is 24.0 Å². The second-order valence-corrected chi connectivity index (χ2v) is 14.5. The van der Waals surface area contributed by atoms with Gasteiger partial charge in [-0.2, -0.15) is 0 Å². The summed E-state index contributed by atoms with van der Waals surface area (Å²) in [5, 5.41) is 11.9. The Balaban J connectivity index is 1.92. The maximum Gasteiger partial charge on any atom is 0.309 e. The van der Waals surface area contributed by atoms with Crippen LogP contribution in [0, 0.1) is 5.41 Å². The molecular formula is C21H32O5Si. The third-order valence-corrected chi connectivity index (χ3v) is 11.5. The zero-order chi connectivity index (χ0) is 20.1. The molecule has 0 amide bonds. The van der Waals surface area contributed by atoms with Crippen molar-refractivity contribution in [3.8, 4) is 0 Å². The van der Waals surface area contributed by atoms with Crippen LogP contribution < -0.4 is 0 Å². The van der Waals surface area contributed by atoms with Crippen molar-refractivity contribution in [1.82, 2.24) is 0 Å². The molecule has 0 radical (unpaired) electrons. The fourth-order valence-corrected chi connectivity index (χ4v) is 4.93. The number of aliphatic hydroxyl groups is 1. The molecule has 0 unspecified atom stereocenters. The van der Waals surface area contributed by atoms with Gasteiger partial charge in [-0.15, -0.1) is 0 Å². The summed E-state index contributed by atoms with van der Waals surface area (Å²) in [7, 11) is -1.97. The minimum Gasteiger partial charge on any atom is -0.472 e. The smallest absolute Gasteiger partial charge is 0.309 e. The third-order valence-electron chi connectivity index (χ3n) is 7.00. The monoisotopic (exact) mass is 392 g/mol. The van der Waals surface area contributed by atoms with Gasteiger partial charge in [0.2, 0.25) is 0 Å². The minimum atomic E-state index is -1.97. The molecule has 1 aliphatic carbocycles. The second kappa shape index (κ2) is 6.60. The fraction of sp³-hybridized carbons (Fsp3) is 0.667. The first kappa shape index (κ1) is 20.4. The lowest BCUT2D eigenvalue weighted by Gasteiger charge is -2.55. The van der Waals surface area contributed by atoms with Crippen molar-refractivity contribution in [3.63, 3.8) is 0 Å². The summed E-state index contributed by atoms with van der Waals surface area (Å²) >= 11 is 0. The molecule has 0 bridgehead atoms. The molecule has 0 saturated carbocycles. The summed E-state index contributed by atoms with van der Waals surface area (Å²) in [5.74, 6) is -0.388. The van der Waals surface area contributed by atoms with Gasteiger partial charge in [0.05, 0.1) is 25.6 Å². The van der Waals surface area contributed by atoms with E-state index < -0.39 is 25.4 Å². The summed E-state index contributed by atoms with van der Waals surface area (Å²) in [6.07, 6.45) is 6.21. The summed E-state index contributed by atoms with van der Waals surface area (Å²) in [6.45, 7) is 13.3. The second-order valence-electron chi connectivity index (χ2n) is 9.70. The largest absolute Gasteiger partial charge is 0.472 e. The van der Waals surface area contributed by atoms with Gasteiger partial charge in [0.25, 0.3) is 0 Å². The molecule has 1 aromatic heterocycles. The van der Waals surface area contributed by atoms with E-state index in [-0.39, 0.29) is 17.4 Å². The lowest BCUT2D eigenvalue weighted by molar-refractivity contribution is -0.207. The normalized spacial score (nSPS) is 31.9. The molecule has 1 aromatic rings. The van der Waals surface area contributed by atoms with Crippen molar-refractivity contribution in [3.05, 3.63) is 35.8 Å². The number of esters is 1. The van der Waals surface area contributed by atoms with Gasteiger partial charge in [-0.25, -0.2) is 0 Å². The Labute approximate surface area is 162 Å². The number of hydrogen-bond donors (Lipinski definition) is 1. The number of ether oxygens (including phenoxy) is 1. The molecule has 6 heteroatoms. The Kier molecular flexibility index (Phi) is 4.98. The van der Waals surface area contributed by atoms with Gasteiger partial charge in [-0.3, -0.25) is 4.79 Å². The van der Waals surface area contributed by atoms with Crippen molar-refractivity contribution >= 4 is 14.3 Å². The quantitative estimate of drug-likeness (QED) is 0.455. The number of rotatable bonds is 4. The van der Waals surface area contributed by atoms with Crippen LogP contribution >= 0.6 is 0 Å². The van der Waals surface area contributed by atoms with Crippen LogP contribution in [0.25, 0.3) is 0 Å². The van der Waals surface area contributed by atoms with Crippen molar-refractivity contribution in [2.45, 2.75) is 76.8 Å². The molecule has 0 spiro atoms. The fourth-order valence-electron chi connectivity index (χ4n) is 3.98. The van der Waals surface area contributed by atoms with Gasteiger partial charge >= 0.3 is 5.97 Å². The summed E-state index contributed by atoms with van der Waals surface area (Å²) in [6, 6.07) is 1.80. The number of cyclic esters (lactones) is 1. The van der Waals surface area contributed by atoms with E-state index in [0.29, 0.717) is 6.61 Å². The summed E-state index contributed by atoms with van der Waals surface area (Å²) < 4.78 is 17.3. The Hall–Kier alpha value is -1.37. The van der Waals surface area contributed by atoms with E-state index in [9.17, 15) is 9.90 Å². The molecule has 27 heavy (non-hydrogen) atoms. The van der Waals surface area contributed by atoms with Gasteiger partial charge in [0.1, 0.15) is 11.7 Å². The lowest BCUT2D eigenvalue weighted by Crippen LogP contribution is -2.59. The standard InChI is InChI=1S/C21H32O5Si/c1-19(2,3)27(5,6)25-14-16-8-7-10-20(4)18(15-9-11-24-13-15)26-17(22)12-21(16,20)23/h8-9,11,13,18,23H,7,10,12,14H2,1-6H3/t18-,20-,21+/m0/s1. The molecule has 1 saturated heterocycles. The van der Waals surface area contributed by atoms with Crippen LogP contribution in [0.4, 0.5) is 0 Å². The number of carbonyl (C=O) groups excluding carboxylic acids is 1. The topological polar surface area (TPSA) is 68.9 Å². The SMILES string of the molecule is CC(C)(C)[Si](C)(C)OCC1=CCC[C@@]2(C)[C@H](c3ccoc3)OC(=O)C[C@@]12O. The van der Waals surface area contributed by atoms with Gasteiger partial charge in [0.15, 0.2) is 8.32 Å². The van der Waals surface area contributed by atoms with Gasteiger partial charge in [0, 0.05) is 11.0 Å². The average molecular weight is 393 g/mol. The van der Waals surface area contributed by atoms with Crippen LogP contribution in [0.2, 0.25) is 18.1 Å². The van der Waals surface area contributed by atoms with Crippen molar-refractivity contribution in [2.24, 2.45) is 5.41 Å². The van der Waals surface area contributed by atoms with Crippen molar-refractivity contribution in [2.75, 3.05) is 6.61 Å². The first-order valence-electron chi connectivity index (χ1n) is 9.68. The molecule has 1 fully saturated rings. The molecule has 5 nitrogen and oxygen atoms in total. The molecular weight excluding hydrogens is 360 g/mol. The highest BCUT2D eigenvalue weighted by molar-refractivity contribution is 6.74. The number of allylic oxidation sites excluding steroid dienone is 1. The number of carbonyl (C=O) groups is 1. The highest BCUT2D eigenvalue weighted by atomic mass is 28.4. The highest BCUT2D eigenvalue weighted by Crippen LogP contribution is 2.58. The third kappa shape index (κ3) is 3.32. The van der Waals surface area contributed by atoms with Gasteiger partial charge in [-0.1, -0.05) is 33.8 Å². The Bertz CT molecular complexity index is 730.